The summed E-state index contributed by atoms with van der Waals surface area (Å²) in [4.78, 5) is 27.6. The molecule has 2 rings (SSSR count). The van der Waals surface area contributed by atoms with E-state index in [1.165, 1.54) is 0 Å². The summed E-state index contributed by atoms with van der Waals surface area (Å²) in [6, 6.07) is 0. The zero-order valence-electron chi connectivity index (χ0n) is 14.7. The molecule has 138 valence electrons. The van der Waals surface area contributed by atoms with E-state index in [0.717, 1.165) is 0 Å². The highest BCUT2D eigenvalue weighted by atomic mass is 32.2. The number of piperidine rings is 1. The second kappa shape index (κ2) is 6.18. The van der Waals surface area contributed by atoms with Gasteiger partial charge in [0.05, 0.1) is 0 Å². The minimum Gasteiger partial charge on any atom is -0.444 e. The highest BCUT2D eigenvalue weighted by Crippen LogP contribution is 2.33. The first kappa shape index (κ1) is 19.0. The van der Waals surface area contributed by atoms with Crippen molar-refractivity contribution in [1.82, 2.24) is 9.80 Å². The normalized spacial score (nSPS) is 25.0. The van der Waals surface area contributed by atoms with E-state index in [9.17, 15) is 18.0 Å². The number of nitrogens with two attached hydrogens (primary N) is 1. The number of amides is 2. The maximum absolute atomic E-state index is 12.2. The molecular formula is C15H27N3O5S. The van der Waals surface area contributed by atoms with Gasteiger partial charge in [0.25, 0.3) is 0 Å². The first-order chi connectivity index (χ1) is 10.8. The first-order valence-electron chi connectivity index (χ1n) is 8.12. The molecule has 0 radical (unpaired) electrons. The standard InChI is InChI=1S/C15H27N3O5S/c1-14(2,3)23-13(20)17-7-5-15(4,6-8-17)18-10-11(9-12(18)19)24(16,21)22/h11H,5-10H2,1-4H3,(H2,16,21,22). The van der Waals surface area contributed by atoms with Crippen LogP contribution < -0.4 is 5.14 Å². The largest absolute Gasteiger partial charge is 0.444 e. The van der Waals surface area contributed by atoms with Gasteiger partial charge in [-0.1, -0.05) is 0 Å². The number of nitrogens with zero attached hydrogens (tertiary/aromatic N) is 2. The van der Waals surface area contributed by atoms with Gasteiger partial charge in [-0.2, -0.15) is 0 Å². The number of hydrogen-bond acceptors (Lipinski definition) is 5. The summed E-state index contributed by atoms with van der Waals surface area (Å²) in [7, 11) is -3.73. The van der Waals surface area contributed by atoms with E-state index in [2.05, 4.69) is 0 Å². The summed E-state index contributed by atoms with van der Waals surface area (Å²) in [6.45, 7) is 8.44. The van der Waals surface area contributed by atoms with Gasteiger partial charge in [-0.25, -0.2) is 18.4 Å². The van der Waals surface area contributed by atoms with Crippen LogP contribution in [0.3, 0.4) is 0 Å². The van der Waals surface area contributed by atoms with E-state index in [0.29, 0.717) is 25.9 Å². The Balaban J connectivity index is 2.00. The maximum atomic E-state index is 12.2. The lowest BCUT2D eigenvalue weighted by atomic mass is 9.88. The molecule has 2 aliphatic rings. The molecule has 2 amide bonds. The molecule has 9 heteroatoms. The third-order valence-corrected chi connectivity index (χ3v) is 5.94. The number of carbonyl (C=O) groups is 2. The van der Waals surface area contributed by atoms with Crippen LogP contribution in [0.1, 0.15) is 47.0 Å². The van der Waals surface area contributed by atoms with Crippen molar-refractivity contribution in [1.29, 1.82) is 0 Å². The fourth-order valence-electron chi connectivity index (χ4n) is 3.18. The Morgan fingerprint density at radius 2 is 1.83 bits per heavy atom. The van der Waals surface area contributed by atoms with Gasteiger partial charge in [0.1, 0.15) is 10.9 Å². The summed E-state index contributed by atoms with van der Waals surface area (Å²) in [6.07, 6.45) is 0.731. The lowest BCUT2D eigenvalue weighted by Gasteiger charge is -2.45. The Labute approximate surface area is 143 Å². The van der Waals surface area contributed by atoms with Gasteiger partial charge in [-0.05, 0) is 40.5 Å². The second-order valence-electron chi connectivity index (χ2n) is 7.88. The number of rotatable bonds is 2. The SMILES string of the molecule is CC(C)(C)OC(=O)N1CCC(C)(N2CC(S(N)(=O)=O)CC2=O)CC1. The van der Waals surface area contributed by atoms with E-state index in [-0.39, 0.29) is 25.0 Å². The summed E-state index contributed by atoms with van der Waals surface area (Å²) in [5, 5.41) is 4.34. The average molecular weight is 361 g/mol. The lowest BCUT2D eigenvalue weighted by Crippen LogP contribution is -2.55. The van der Waals surface area contributed by atoms with Crippen LogP contribution in [0.2, 0.25) is 0 Å². The average Bonchev–Trinajstić information content (AvgIpc) is 2.80. The molecule has 0 aromatic heterocycles. The number of ether oxygens (including phenoxy) is 1. The van der Waals surface area contributed by atoms with E-state index >= 15 is 0 Å². The first-order valence-corrected chi connectivity index (χ1v) is 9.73. The molecule has 2 aliphatic heterocycles. The number of sulfonamides is 1. The Morgan fingerprint density at radius 1 is 1.29 bits per heavy atom. The van der Waals surface area contributed by atoms with Gasteiger partial charge in [0.15, 0.2) is 0 Å². The van der Waals surface area contributed by atoms with Crippen molar-refractivity contribution in [2.75, 3.05) is 19.6 Å². The summed E-state index contributed by atoms with van der Waals surface area (Å²) in [5.74, 6) is -0.192. The molecule has 2 saturated heterocycles. The Hall–Kier alpha value is -1.35. The molecule has 0 aliphatic carbocycles. The van der Waals surface area contributed by atoms with Crippen molar-refractivity contribution in [3.05, 3.63) is 0 Å². The Morgan fingerprint density at radius 3 is 2.25 bits per heavy atom. The lowest BCUT2D eigenvalue weighted by molar-refractivity contribution is -0.134. The number of likely N-dealkylation sites (tertiary alicyclic amines) is 2. The smallest absolute Gasteiger partial charge is 0.410 e. The quantitative estimate of drug-likeness (QED) is 0.777. The third kappa shape index (κ3) is 4.18. The van der Waals surface area contributed by atoms with E-state index in [4.69, 9.17) is 9.88 Å². The molecular weight excluding hydrogens is 334 g/mol. The third-order valence-electron chi connectivity index (χ3n) is 4.70. The van der Waals surface area contributed by atoms with Crippen molar-refractivity contribution in [3.8, 4) is 0 Å². The molecule has 1 atom stereocenters. The molecule has 2 heterocycles. The van der Waals surface area contributed by atoms with Crippen LogP contribution >= 0.6 is 0 Å². The van der Waals surface area contributed by atoms with Gasteiger partial charge >= 0.3 is 6.09 Å². The highest BCUT2D eigenvalue weighted by molar-refractivity contribution is 7.89. The van der Waals surface area contributed by atoms with Crippen LogP contribution in [0.25, 0.3) is 0 Å². The van der Waals surface area contributed by atoms with E-state index in [1.807, 2.05) is 27.7 Å². The van der Waals surface area contributed by atoms with Gasteiger partial charge in [-0.15, -0.1) is 0 Å². The zero-order valence-corrected chi connectivity index (χ0v) is 15.6. The Kier molecular flexibility index (Phi) is 4.89. The molecule has 2 fully saturated rings. The van der Waals surface area contributed by atoms with E-state index < -0.39 is 26.4 Å². The van der Waals surface area contributed by atoms with Gasteiger partial charge in [0.2, 0.25) is 15.9 Å². The van der Waals surface area contributed by atoms with Gasteiger partial charge < -0.3 is 14.5 Å². The maximum Gasteiger partial charge on any atom is 0.410 e. The summed E-state index contributed by atoms with van der Waals surface area (Å²) >= 11 is 0. The molecule has 0 bridgehead atoms. The van der Waals surface area contributed by atoms with Crippen LogP contribution in [0, 0.1) is 0 Å². The predicted octanol–water partition coefficient (Wildman–Crippen LogP) is 0.665. The van der Waals surface area contributed by atoms with Crippen LogP contribution in [0.4, 0.5) is 4.79 Å². The van der Waals surface area contributed by atoms with Gasteiger partial charge in [-0.3, -0.25) is 4.79 Å². The molecule has 2 N–H and O–H groups in total. The molecule has 0 saturated carbocycles. The molecule has 0 aromatic carbocycles. The molecule has 1 unspecified atom stereocenters. The predicted molar refractivity (Wildman–Crippen MR) is 88.7 cm³/mol. The monoisotopic (exact) mass is 361 g/mol. The number of hydrogen-bond donors (Lipinski definition) is 1. The summed E-state index contributed by atoms with van der Waals surface area (Å²) < 4.78 is 28.4. The highest BCUT2D eigenvalue weighted by Gasteiger charge is 2.46. The van der Waals surface area contributed by atoms with Crippen molar-refractivity contribution >= 4 is 22.0 Å². The van der Waals surface area contributed by atoms with Crippen LogP contribution in [0.15, 0.2) is 0 Å². The molecule has 24 heavy (non-hydrogen) atoms. The number of carbonyl (C=O) groups excluding carboxylic acids is 2. The fraction of sp³-hybridized carbons (Fsp3) is 0.867. The molecule has 0 spiro atoms. The zero-order chi connectivity index (χ0) is 18.3. The second-order valence-corrected chi connectivity index (χ2v) is 9.73. The van der Waals surface area contributed by atoms with Crippen molar-refractivity contribution < 1.29 is 22.7 Å². The molecule has 8 nitrogen and oxygen atoms in total. The minimum atomic E-state index is -3.73. The van der Waals surface area contributed by atoms with Crippen LogP contribution in [0.5, 0.6) is 0 Å². The Bertz CT molecular complexity index is 618. The fourth-order valence-corrected chi connectivity index (χ4v) is 3.92. The van der Waals surface area contributed by atoms with Crippen molar-refractivity contribution in [2.24, 2.45) is 5.14 Å². The van der Waals surface area contributed by atoms with Crippen molar-refractivity contribution in [3.63, 3.8) is 0 Å². The minimum absolute atomic E-state index is 0.0653. The topological polar surface area (TPSA) is 110 Å². The van der Waals surface area contributed by atoms with Crippen LogP contribution in [-0.4, -0.2) is 66.2 Å². The van der Waals surface area contributed by atoms with Crippen LogP contribution in [-0.2, 0) is 19.6 Å². The van der Waals surface area contributed by atoms with E-state index in [1.54, 1.807) is 9.80 Å². The summed E-state index contributed by atoms with van der Waals surface area (Å²) in [5.41, 5.74) is -1.01. The van der Waals surface area contributed by atoms with Gasteiger partial charge in [0, 0.05) is 31.6 Å². The molecule has 0 aromatic rings. The van der Waals surface area contributed by atoms with Crippen molar-refractivity contribution in [2.45, 2.75) is 63.3 Å². The number of primary sulfonamides is 1.